The lowest BCUT2D eigenvalue weighted by Crippen LogP contribution is -2.58. The summed E-state index contributed by atoms with van der Waals surface area (Å²) in [5.41, 5.74) is 9.04. The Morgan fingerprint density at radius 2 is 1.43 bits per heavy atom. The number of imidazole rings is 1. The van der Waals surface area contributed by atoms with Crippen LogP contribution in [0.15, 0.2) is 73.3 Å². The maximum atomic E-state index is 13.5. The summed E-state index contributed by atoms with van der Waals surface area (Å²) in [5.74, 6) is -5.27. The number of rotatable bonds is 15. The van der Waals surface area contributed by atoms with Gasteiger partial charge in [0.05, 0.1) is 18.8 Å². The molecule has 0 aliphatic carbocycles. The highest BCUT2D eigenvalue weighted by molar-refractivity contribution is 5.96. The van der Waals surface area contributed by atoms with Crippen LogP contribution in [0.4, 0.5) is 0 Å². The molecule has 14 nitrogen and oxygen atoms in total. The summed E-state index contributed by atoms with van der Waals surface area (Å²) in [6.45, 7) is 0. The molecule has 3 amide bonds. The topological polar surface area (TPSA) is 232 Å². The van der Waals surface area contributed by atoms with Crippen molar-refractivity contribution in [3.8, 4) is 0 Å². The van der Waals surface area contributed by atoms with Crippen molar-refractivity contribution < 1.29 is 34.2 Å². The van der Waals surface area contributed by atoms with Crippen LogP contribution in [0.5, 0.6) is 0 Å². The molecule has 4 rings (SSSR count). The molecule has 2 heterocycles. The highest BCUT2D eigenvalue weighted by atomic mass is 16.4. The number of hydrogen-bond acceptors (Lipinski definition) is 7. The summed E-state index contributed by atoms with van der Waals surface area (Å²) in [5, 5.41) is 27.2. The van der Waals surface area contributed by atoms with Gasteiger partial charge in [-0.3, -0.25) is 19.2 Å². The number of amides is 3. The van der Waals surface area contributed by atoms with Gasteiger partial charge in [0.25, 0.3) is 0 Å². The number of H-pyrrole nitrogens is 2. The molecular formula is C30H33N7O7. The van der Waals surface area contributed by atoms with Gasteiger partial charge >= 0.3 is 11.9 Å². The molecule has 4 aromatic rings. The first kappa shape index (κ1) is 31.4. The normalized spacial score (nSPS) is 13.8. The maximum absolute atomic E-state index is 13.5. The quantitative estimate of drug-likeness (QED) is 0.0929. The van der Waals surface area contributed by atoms with Gasteiger partial charge in [0.2, 0.25) is 17.7 Å². The van der Waals surface area contributed by atoms with E-state index in [2.05, 4.69) is 30.9 Å². The number of hydrogen-bond donors (Lipinski definition) is 8. The van der Waals surface area contributed by atoms with E-state index in [1.807, 2.05) is 24.3 Å². The first-order valence-corrected chi connectivity index (χ1v) is 13.8. The fourth-order valence-electron chi connectivity index (χ4n) is 4.71. The third-order valence-electron chi connectivity index (χ3n) is 6.97. The van der Waals surface area contributed by atoms with E-state index in [9.17, 15) is 34.2 Å². The van der Waals surface area contributed by atoms with Gasteiger partial charge in [0.1, 0.15) is 18.1 Å². The van der Waals surface area contributed by atoms with Crippen molar-refractivity contribution in [1.82, 2.24) is 30.9 Å². The zero-order valence-electron chi connectivity index (χ0n) is 23.5. The van der Waals surface area contributed by atoms with Gasteiger partial charge in [-0.15, -0.1) is 0 Å². The molecule has 4 unspecified atom stereocenters. The number of aromatic nitrogens is 3. The molecule has 2 aromatic heterocycles. The monoisotopic (exact) mass is 603 g/mol. The summed E-state index contributed by atoms with van der Waals surface area (Å²) in [6, 6.07) is 11.0. The van der Waals surface area contributed by atoms with Gasteiger partial charge < -0.3 is 41.9 Å². The summed E-state index contributed by atoms with van der Waals surface area (Å²) >= 11 is 0. The van der Waals surface area contributed by atoms with Crippen molar-refractivity contribution in [1.29, 1.82) is 0 Å². The van der Waals surface area contributed by atoms with E-state index in [1.54, 1.807) is 36.5 Å². The Kier molecular flexibility index (Phi) is 10.4. The molecule has 0 saturated carbocycles. The van der Waals surface area contributed by atoms with E-state index in [0.717, 1.165) is 16.5 Å². The summed E-state index contributed by atoms with van der Waals surface area (Å²) in [4.78, 5) is 72.8. The van der Waals surface area contributed by atoms with Crippen LogP contribution in [0.1, 0.15) is 23.2 Å². The molecular weight excluding hydrogens is 570 g/mol. The van der Waals surface area contributed by atoms with E-state index in [4.69, 9.17) is 5.73 Å². The van der Waals surface area contributed by atoms with Gasteiger partial charge in [-0.2, -0.15) is 0 Å². The molecule has 0 aliphatic rings. The minimum absolute atomic E-state index is 0.0111. The predicted octanol–water partition coefficient (Wildman–Crippen LogP) is 0.260. The highest BCUT2D eigenvalue weighted by Crippen LogP contribution is 2.19. The van der Waals surface area contributed by atoms with E-state index >= 15 is 0 Å². The number of carbonyl (C=O) groups excluding carboxylic acids is 3. The molecule has 0 saturated heterocycles. The molecule has 44 heavy (non-hydrogen) atoms. The first-order chi connectivity index (χ1) is 21.1. The fraction of sp³-hybridized carbons (Fsp3) is 0.267. The van der Waals surface area contributed by atoms with Crippen molar-refractivity contribution in [2.45, 2.75) is 49.9 Å². The van der Waals surface area contributed by atoms with E-state index in [1.165, 1.54) is 12.5 Å². The zero-order chi connectivity index (χ0) is 31.6. The Morgan fingerprint density at radius 3 is 2.11 bits per heavy atom. The van der Waals surface area contributed by atoms with Crippen LogP contribution in [-0.4, -0.2) is 79.0 Å². The Labute approximate surface area is 251 Å². The van der Waals surface area contributed by atoms with Gasteiger partial charge in [-0.05, 0) is 23.6 Å². The van der Waals surface area contributed by atoms with Crippen molar-refractivity contribution in [3.63, 3.8) is 0 Å². The number of benzene rings is 2. The van der Waals surface area contributed by atoms with Crippen molar-refractivity contribution in [2.75, 3.05) is 0 Å². The zero-order valence-corrected chi connectivity index (χ0v) is 23.5. The van der Waals surface area contributed by atoms with Crippen LogP contribution in [-0.2, 0) is 43.2 Å². The number of aliphatic carboxylic acids is 2. The molecule has 2 aromatic carbocycles. The molecule has 0 radical (unpaired) electrons. The smallest absolute Gasteiger partial charge is 0.326 e. The van der Waals surface area contributed by atoms with Gasteiger partial charge in [0, 0.05) is 41.8 Å². The predicted molar refractivity (Wildman–Crippen MR) is 158 cm³/mol. The van der Waals surface area contributed by atoms with Crippen LogP contribution in [0.3, 0.4) is 0 Å². The maximum Gasteiger partial charge on any atom is 0.326 e. The van der Waals surface area contributed by atoms with Gasteiger partial charge in [-0.25, -0.2) is 9.78 Å². The van der Waals surface area contributed by atoms with Crippen LogP contribution >= 0.6 is 0 Å². The summed E-state index contributed by atoms with van der Waals surface area (Å²) < 4.78 is 0. The van der Waals surface area contributed by atoms with Gasteiger partial charge in [-0.1, -0.05) is 48.5 Å². The number of carboxylic acids is 2. The highest BCUT2D eigenvalue weighted by Gasteiger charge is 2.32. The second-order valence-electron chi connectivity index (χ2n) is 10.3. The number of para-hydroxylation sites is 1. The minimum Gasteiger partial charge on any atom is -0.481 e. The lowest BCUT2D eigenvalue weighted by Gasteiger charge is -2.24. The molecule has 0 fully saturated rings. The van der Waals surface area contributed by atoms with Crippen molar-refractivity contribution >= 4 is 40.6 Å². The third kappa shape index (κ3) is 8.51. The van der Waals surface area contributed by atoms with Crippen LogP contribution < -0.4 is 21.7 Å². The van der Waals surface area contributed by atoms with Gasteiger partial charge in [0.15, 0.2) is 0 Å². The van der Waals surface area contributed by atoms with Crippen LogP contribution in [0.25, 0.3) is 10.9 Å². The standard InChI is InChI=1S/C30H33N7O7/c31-21(11-18-14-33-22-9-5-4-8-20(18)22)27(40)35-23(10-17-6-2-1-3-7-17)28(41)36-24(13-26(38)39)29(42)37-25(30(43)44)12-19-15-32-16-34-19/h1-9,14-16,21,23-25,33H,10-13,31H2,(H,32,34)(H,35,40)(H,36,41)(H,37,42)(H,38,39)(H,43,44). The molecule has 14 heteroatoms. The number of nitrogens with one attached hydrogen (secondary N) is 5. The largest absolute Gasteiger partial charge is 0.481 e. The Hall–Kier alpha value is -5.50. The molecule has 0 spiro atoms. The average molecular weight is 604 g/mol. The molecule has 0 bridgehead atoms. The van der Waals surface area contributed by atoms with Crippen molar-refractivity contribution in [3.05, 3.63) is 90.1 Å². The Morgan fingerprint density at radius 1 is 0.773 bits per heavy atom. The average Bonchev–Trinajstić information content (AvgIpc) is 3.66. The molecule has 9 N–H and O–H groups in total. The number of nitrogens with two attached hydrogens (primary N) is 1. The van der Waals surface area contributed by atoms with Crippen LogP contribution in [0, 0.1) is 0 Å². The number of carbonyl (C=O) groups is 5. The Balaban J connectivity index is 1.49. The van der Waals surface area contributed by atoms with E-state index in [0.29, 0.717) is 11.3 Å². The second kappa shape index (κ2) is 14.6. The second-order valence-corrected chi connectivity index (χ2v) is 10.3. The minimum atomic E-state index is -1.64. The number of aromatic amines is 2. The Bertz CT molecular complexity index is 1600. The SMILES string of the molecule is NC(Cc1c[nH]c2ccccc12)C(=O)NC(Cc1ccccc1)C(=O)NC(CC(=O)O)C(=O)NC(Cc1cnc[nH]1)C(=O)O. The lowest BCUT2D eigenvalue weighted by molar-refractivity contribution is -0.143. The molecule has 230 valence electrons. The van der Waals surface area contributed by atoms with Crippen molar-refractivity contribution in [2.24, 2.45) is 5.73 Å². The number of carboxylic acid groups (broad SMARTS) is 2. The summed E-state index contributed by atoms with van der Waals surface area (Å²) in [7, 11) is 0. The van der Waals surface area contributed by atoms with E-state index < -0.39 is 60.2 Å². The lowest BCUT2D eigenvalue weighted by atomic mass is 10.0. The van der Waals surface area contributed by atoms with Crippen LogP contribution in [0.2, 0.25) is 0 Å². The molecule has 4 atom stereocenters. The number of nitrogens with zero attached hydrogens (tertiary/aromatic N) is 1. The molecule has 0 aliphatic heterocycles. The summed E-state index contributed by atoms with van der Waals surface area (Å²) in [6.07, 6.45) is 3.69. The fourth-order valence-corrected chi connectivity index (χ4v) is 4.71. The third-order valence-corrected chi connectivity index (χ3v) is 6.97. The number of fused-ring (bicyclic) bond motifs is 1. The first-order valence-electron chi connectivity index (χ1n) is 13.8. The van der Waals surface area contributed by atoms with E-state index in [-0.39, 0.29) is 19.3 Å².